The Morgan fingerprint density at radius 1 is 1.14 bits per heavy atom. The molecule has 0 aliphatic rings. The fourth-order valence-corrected chi connectivity index (χ4v) is 2.18. The predicted molar refractivity (Wildman–Crippen MR) is 89.5 cm³/mol. The minimum Gasteiger partial charge on any atom is -0.484 e. The molecule has 2 rings (SSSR count). The molecule has 0 saturated heterocycles. The Labute approximate surface area is 136 Å². The Morgan fingerprint density at radius 2 is 1.91 bits per heavy atom. The molecule has 22 heavy (non-hydrogen) atoms. The van der Waals surface area contributed by atoms with Gasteiger partial charge in [-0.1, -0.05) is 42.8 Å². The largest absolute Gasteiger partial charge is 0.484 e. The molecule has 0 aliphatic heterocycles. The van der Waals surface area contributed by atoms with Crippen LogP contribution in [-0.4, -0.2) is 19.1 Å². The molecule has 2 aromatic rings. The monoisotopic (exact) mass is 317 g/mol. The van der Waals surface area contributed by atoms with Gasteiger partial charge in [-0.15, -0.1) is 0 Å². The number of hydrogen-bond acceptors (Lipinski definition) is 2. The van der Waals surface area contributed by atoms with E-state index in [-0.39, 0.29) is 12.5 Å². The van der Waals surface area contributed by atoms with Crippen LogP contribution < -0.4 is 10.1 Å². The standard InChI is InChI=1S/C18H20ClNO2/c1-2-14-4-3-5-17(12-14)22-13-18(21)20-11-10-15-6-8-16(19)9-7-15/h3-9,12H,2,10-11,13H2,1H3,(H,20,21). The first-order chi connectivity index (χ1) is 10.7. The summed E-state index contributed by atoms with van der Waals surface area (Å²) in [5, 5.41) is 3.57. The van der Waals surface area contributed by atoms with E-state index in [2.05, 4.69) is 12.2 Å². The summed E-state index contributed by atoms with van der Waals surface area (Å²) in [7, 11) is 0. The molecule has 0 saturated carbocycles. The van der Waals surface area contributed by atoms with E-state index in [0.29, 0.717) is 6.54 Å². The maximum atomic E-state index is 11.8. The van der Waals surface area contributed by atoms with E-state index in [9.17, 15) is 4.79 Å². The molecule has 1 amide bonds. The summed E-state index contributed by atoms with van der Waals surface area (Å²) in [5.41, 5.74) is 2.34. The lowest BCUT2D eigenvalue weighted by atomic mass is 10.1. The lowest BCUT2D eigenvalue weighted by molar-refractivity contribution is -0.123. The van der Waals surface area contributed by atoms with Crippen LogP contribution in [0.2, 0.25) is 5.02 Å². The number of carbonyl (C=O) groups is 1. The van der Waals surface area contributed by atoms with Crippen molar-refractivity contribution < 1.29 is 9.53 Å². The highest BCUT2D eigenvalue weighted by Gasteiger charge is 2.03. The third kappa shape index (κ3) is 5.41. The van der Waals surface area contributed by atoms with E-state index in [1.807, 2.05) is 48.5 Å². The van der Waals surface area contributed by atoms with Gasteiger partial charge in [0.25, 0.3) is 5.91 Å². The lowest BCUT2D eigenvalue weighted by Gasteiger charge is -2.08. The van der Waals surface area contributed by atoms with Crippen molar-refractivity contribution in [3.63, 3.8) is 0 Å². The Bertz CT molecular complexity index is 611. The normalized spacial score (nSPS) is 10.3. The van der Waals surface area contributed by atoms with Crippen LogP contribution in [-0.2, 0) is 17.6 Å². The molecule has 116 valence electrons. The Kier molecular flexibility index (Phi) is 6.28. The molecule has 1 N–H and O–H groups in total. The topological polar surface area (TPSA) is 38.3 Å². The van der Waals surface area contributed by atoms with Crippen molar-refractivity contribution in [1.29, 1.82) is 0 Å². The number of hydrogen-bond donors (Lipinski definition) is 1. The SMILES string of the molecule is CCc1cccc(OCC(=O)NCCc2ccc(Cl)cc2)c1. The third-order valence-corrected chi connectivity index (χ3v) is 3.58. The fourth-order valence-electron chi connectivity index (χ4n) is 2.05. The second-order valence-electron chi connectivity index (χ2n) is 5.02. The highest BCUT2D eigenvalue weighted by Crippen LogP contribution is 2.13. The van der Waals surface area contributed by atoms with Crippen LogP contribution in [0.4, 0.5) is 0 Å². The van der Waals surface area contributed by atoms with Crippen molar-refractivity contribution in [2.24, 2.45) is 0 Å². The molecule has 3 nitrogen and oxygen atoms in total. The first-order valence-corrected chi connectivity index (χ1v) is 7.78. The van der Waals surface area contributed by atoms with Gasteiger partial charge >= 0.3 is 0 Å². The van der Waals surface area contributed by atoms with E-state index < -0.39 is 0 Å². The maximum Gasteiger partial charge on any atom is 0.257 e. The predicted octanol–water partition coefficient (Wildman–Crippen LogP) is 3.64. The van der Waals surface area contributed by atoms with Crippen molar-refractivity contribution in [1.82, 2.24) is 5.32 Å². The molecule has 0 fully saturated rings. The van der Waals surface area contributed by atoms with E-state index in [4.69, 9.17) is 16.3 Å². The summed E-state index contributed by atoms with van der Waals surface area (Å²) < 4.78 is 5.50. The molecule has 0 atom stereocenters. The van der Waals surface area contributed by atoms with Crippen LogP contribution in [0.5, 0.6) is 5.75 Å². The lowest BCUT2D eigenvalue weighted by Crippen LogP contribution is -2.30. The molecule has 0 aromatic heterocycles. The number of benzene rings is 2. The number of halogens is 1. The molecule has 0 heterocycles. The molecular formula is C18H20ClNO2. The van der Waals surface area contributed by atoms with E-state index >= 15 is 0 Å². The first-order valence-electron chi connectivity index (χ1n) is 7.40. The van der Waals surface area contributed by atoms with Gasteiger partial charge < -0.3 is 10.1 Å². The molecule has 0 spiro atoms. The molecule has 0 bridgehead atoms. The van der Waals surface area contributed by atoms with Crippen molar-refractivity contribution in [2.45, 2.75) is 19.8 Å². The summed E-state index contributed by atoms with van der Waals surface area (Å²) in [6.45, 7) is 2.70. The molecule has 0 unspecified atom stereocenters. The smallest absolute Gasteiger partial charge is 0.257 e. The molecule has 4 heteroatoms. The van der Waals surface area contributed by atoms with Gasteiger partial charge in [-0.2, -0.15) is 0 Å². The van der Waals surface area contributed by atoms with Crippen LogP contribution in [0.1, 0.15) is 18.1 Å². The van der Waals surface area contributed by atoms with Crippen molar-refractivity contribution in [2.75, 3.05) is 13.2 Å². The van der Waals surface area contributed by atoms with Gasteiger partial charge in [-0.25, -0.2) is 0 Å². The zero-order valence-corrected chi connectivity index (χ0v) is 13.4. The molecule has 0 radical (unpaired) electrons. The van der Waals surface area contributed by atoms with Gasteiger partial charge in [0.05, 0.1) is 0 Å². The third-order valence-electron chi connectivity index (χ3n) is 3.33. The van der Waals surface area contributed by atoms with E-state index in [0.717, 1.165) is 29.2 Å². The van der Waals surface area contributed by atoms with Gasteiger partial charge in [0, 0.05) is 11.6 Å². The number of amides is 1. The maximum absolute atomic E-state index is 11.8. The summed E-state index contributed by atoms with van der Waals surface area (Å²) in [4.78, 5) is 11.8. The Hall–Kier alpha value is -2.00. The average molecular weight is 318 g/mol. The fraction of sp³-hybridized carbons (Fsp3) is 0.278. The Balaban J connectivity index is 1.70. The number of aryl methyl sites for hydroxylation is 1. The summed E-state index contributed by atoms with van der Waals surface area (Å²) in [6, 6.07) is 15.4. The zero-order valence-electron chi connectivity index (χ0n) is 12.6. The Morgan fingerprint density at radius 3 is 2.64 bits per heavy atom. The molecular weight excluding hydrogens is 298 g/mol. The van der Waals surface area contributed by atoms with Gasteiger partial charge in [0.15, 0.2) is 6.61 Å². The second-order valence-corrected chi connectivity index (χ2v) is 5.45. The van der Waals surface area contributed by atoms with Crippen molar-refractivity contribution in [3.8, 4) is 5.75 Å². The van der Waals surface area contributed by atoms with Crippen LogP contribution in [0, 0.1) is 0 Å². The molecule has 2 aromatic carbocycles. The van der Waals surface area contributed by atoms with Gasteiger partial charge in [0.2, 0.25) is 0 Å². The average Bonchev–Trinajstić information content (AvgIpc) is 2.55. The van der Waals surface area contributed by atoms with Crippen LogP contribution in [0.25, 0.3) is 0 Å². The van der Waals surface area contributed by atoms with Crippen LogP contribution >= 0.6 is 11.6 Å². The van der Waals surface area contributed by atoms with Crippen LogP contribution in [0.3, 0.4) is 0 Å². The number of ether oxygens (including phenoxy) is 1. The number of carbonyl (C=O) groups excluding carboxylic acids is 1. The summed E-state index contributed by atoms with van der Waals surface area (Å²) >= 11 is 5.83. The van der Waals surface area contributed by atoms with Crippen LogP contribution in [0.15, 0.2) is 48.5 Å². The zero-order chi connectivity index (χ0) is 15.8. The van der Waals surface area contributed by atoms with E-state index in [1.165, 1.54) is 5.56 Å². The van der Waals surface area contributed by atoms with E-state index in [1.54, 1.807) is 0 Å². The minimum absolute atomic E-state index is 0.0355. The summed E-state index contributed by atoms with van der Waals surface area (Å²) in [6.07, 6.45) is 1.72. The highest BCUT2D eigenvalue weighted by atomic mass is 35.5. The quantitative estimate of drug-likeness (QED) is 0.846. The van der Waals surface area contributed by atoms with Crippen molar-refractivity contribution >= 4 is 17.5 Å². The van der Waals surface area contributed by atoms with Gasteiger partial charge in [-0.05, 0) is 48.2 Å². The van der Waals surface area contributed by atoms with Gasteiger partial charge in [-0.3, -0.25) is 4.79 Å². The number of nitrogens with one attached hydrogen (secondary N) is 1. The first kappa shape index (κ1) is 16.4. The second kappa shape index (κ2) is 8.44. The summed E-state index contributed by atoms with van der Waals surface area (Å²) in [5.74, 6) is 0.614. The minimum atomic E-state index is -0.115. The van der Waals surface area contributed by atoms with Crippen molar-refractivity contribution in [3.05, 3.63) is 64.7 Å². The highest BCUT2D eigenvalue weighted by molar-refractivity contribution is 6.30. The molecule has 0 aliphatic carbocycles. The number of rotatable bonds is 7. The van der Waals surface area contributed by atoms with Gasteiger partial charge in [0.1, 0.15) is 5.75 Å².